The topological polar surface area (TPSA) is 65.1 Å². The maximum atomic E-state index is 12.2. The van der Waals surface area contributed by atoms with Gasteiger partial charge in [0, 0.05) is 18.0 Å². The number of hydroxylamine groups is 2. The van der Waals surface area contributed by atoms with Crippen LogP contribution in [0.1, 0.15) is 38.2 Å². The summed E-state index contributed by atoms with van der Waals surface area (Å²) in [4.78, 5) is 16.1. The zero-order valence-electron chi connectivity index (χ0n) is 11.6. The van der Waals surface area contributed by atoms with Crippen molar-refractivity contribution in [3.8, 4) is 0 Å². The van der Waals surface area contributed by atoms with E-state index in [1.54, 1.807) is 52.1 Å². The number of carbonyl (C=O) groups excluding carboxylic acids is 1. The molecule has 0 saturated carbocycles. The second-order valence-electron chi connectivity index (χ2n) is 5.67. The fourth-order valence-electron chi connectivity index (χ4n) is 2.27. The summed E-state index contributed by atoms with van der Waals surface area (Å²) in [5.74, 6) is -0.206. The number of carbonyl (C=O) groups is 1. The van der Waals surface area contributed by atoms with Crippen LogP contribution in [-0.4, -0.2) is 27.0 Å². The second-order valence-corrected chi connectivity index (χ2v) is 5.67. The maximum absolute atomic E-state index is 12.2. The minimum Gasteiger partial charge on any atom is -0.367 e. The minimum absolute atomic E-state index is 0.206. The van der Waals surface area contributed by atoms with Crippen LogP contribution >= 0.6 is 0 Å². The summed E-state index contributed by atoms with van der Waals surface area (Å²) in [6.07, 6.45) is 3.03. The van der Waals surface area contributed by atoms with Crippen molar-refractivity contribution in [1.29, 1.82) is 0 Å². The summed E-state index contributed by atoms with van der Waals surface area (Å²) in [7, 11) is 0. The minimum atomic E-state index is -0.756. The van der Waals surface area contributed by atoms with E-state index >= 15 is 0 Å². The molecular formula is C14H18N3O2. The molecule has 0 unspecified atom stereocenters. The zero-order chi connectivity index (χ0) is 14.3. The van der Waals surface area contributed by atoms with Gasteiger partial charge in [0.1, 0.15) is 11.4 Å². The van der Waals surface area contributed by atoms with Gasteiger partial charge in [-0.3, -0.25) is 9.78 Å². The van der Waals surface area contributed by atoms with Gasteiger partial charge in [-0.25, -0.2) is 0 Å². The van der Waals surface area contributed by atoms with E-state index in [0.29, 0.717) is 11.4 Å². The average molecular weight is 260 g/mol. The van der Waals surface area contributed by atoms with Crippen LogP contribution in [0, 0.1) is 0 Å². The van der Waals surface area contributed by atoms with Crippen LogP contribution in [0.4, 0.5) is 0 Å². The van der Waals surface area contributed by atoms with Crippen molar-refractivity contribution < 1.29 is 10.0 Å². The summed E-state index contributed by atoms with van der Waals surface area (Å²) in [5.41, 5.74) is -0.494. The maximum Gasteiger partial charge on any atom is 0.205 e. The van der Waals surface area contributed by atoms with Crippen LogP contribution in [0.15, 0.2) is 36.2 Å². The predicted molar refractivity (Wildman–Crippen MR) is 70.5 cm³/mol. The van der Waals surface area contributed by atoms with E-state index in [2.05, 4.69) is 10.3 Å². The quantitative estimate of drug-likeness (QED) is 0.651. The summed E-state index contributed by atoms with van der Waals surface area (Å²) < 4.78 is 0. The van der Waals surface area contributed by atoms with Crippen molar-refractivity contribution in [2.75, 3.05) is 0 Å². The summed E-state index contributed by atoms with van der Waals surface area (Å²) >= 11 is 0. The highest BCUT2D eigenvalue weighted by molar-refractivity contribution is 6.03. The third kappa shape index (κ3) is 2.39. The molecule has 2 heterocycles. The van der Waals surface area contributed by atoms with Gasteiger partial charge in [0.2, 0.25) is 5.78 Å². The molecule has 0 spiro atoms. The lowest BCUT2D eigenvalue weighted by molar-refractivity contribution is -0.243. The van der Waals surface area contributed by atoms with Crippen LogP contribution in [0.25, 0.3) is 0 Å². The van der Waals surface area contributed by atoms with Crippen LogP contribution in [0.2, 0.25) is 0 Å². The fraction of sp³-hybridized carbons (Fsp3) is 0.429. The first-order chi connectivity index (χ1) is 8.75. The molecule has 1 aromatic heterocycles. The molecule has 1 fully saturated rings. The van der Waals surface area contributed by atoms with Gasteiger partial charge in [-0.2, -0.15) is 0 Å². The molecule has 5 heteroatoms. The predicted octanol–water partition coefficient (Wildman–Crippen LogP) is 1.91. The molecule has 19 heavy (non-hydrogen) atoms. The van der Waals surface area contributed by atoms with E-state index in [4.69, 9.17) is 0 Å². The smallest absolute Gasteiger partial charge is 0.205 e. The Kier molecular flexibility index (Phi) is 3.20. The number of hydrogen-bond acceptors (Lipinski definition) is 4. The molecule has 1 aromatic rings. The lowest BCUT2D eigenvalue weighted by atomic mass is 10.0. The van der Waals surface area contributed by atoms with E-state index in [0.717, 1.165) is 5.06 Å². The van der Waals surface area contributed by atoms with Gasteiger partial charge in [0.05, 0.1) is 5.54 Å². The monoisotopic (exact) mass is 260 g/mol. The summed E-state index contributed by atoms with van der Waals surface area (Å²) in [6, 6.07) is 5.17. The zero-order valence-corrected chi connectivity index (χ0v) is 11.6. The molecule has 0 aliphatic carbocycles. The Labute approximate surface area is 112 Å². The van der Waals surface area contributed by atoms with Gasteiger partial charge in [-0.1, -0.05) is 6.07 Å². The van der Waals surface area contributed by atoms with Gasteiger partial charge in [-0.05, 0) is 39.8 Å². The number of nitrogens with zero attached hydrogens (tertiary/aromatic N) is 2. The Balaban J connectivity index is 2.32. The lowest BCUT2D eigenvalue weighted by Gasteiger charge is -2.29. The molecule has 0 aromatic carbocycles. The fourth-order valence-corrected chi connectivity index (χ4v) is 2.27. The highest BCUT2D eigenvalue weighted by Crippen LogP contribution is 2.35. The van der Waals surface area contributed by atoms with E-state index in [9.17, 15) is 10.0 Å². The van der Waals surface area contributed by atoms with Crippen molar-refractivity contribution in [2.24, 2.45) is 0 Å². The SMILES string of the molecule is CC1(C)N/C(=C\C(=O)c2ccccn2)C(C)(C)N1[O]. The molecule has 1 N–H and O–H groups in total. The van der Waals surface area contributed by atoms with Crippen molar-refractivity contribution in [3.05, 3.63) is 41.9 Å². The highest BCUT2D eigenvalue weighted by Gasteiger charge is 2.49. The number of hydrogen-bond donors (Lipinski definition) is 1. The molecule has 1 radical (unpaired) electrons. The Morgan fingerprint density at radius 1 is 1.32 bits per heavy atom. The van der Waals surface area contributed by atoms with E-state index in [1.165, 1.54) is 6.08 Å². The third-order valence-electron chi connectivity index (χ3n) is 3.31. The van der Waals surface area contributed by atoms with Crippen LogP contribution < -0.4 is 5.32 Å². The van der Waals surface area contributed by atoms with Gasteiger partial charge in [-0.15, -0.1) is 10.3 Å². The molecule has 0 bridgehead atoms. The Morgan fingerprint density at radius 3 is 2.47 bits per heavy atom. The Bertz CT molecular complexity index is 521. The molecule has 1 aliphatic heterocycles. The number of aromatic nitrogens is 1. The second kappa shape index (κ2) is 4.43. The first kappa shape index (κ1) is 13.7. The number of ketones is 1. The van der Waals surface area contributed by atoms with Crippen LogP contribution in [0.3, 0.4) is 0 Å². The number of pyridine rings is 1. The van der Waals surface area contributed by atoms with Crippen molar-refractivity contribution >= 4 is 5.78 Å². The van der Waals surface area contributed by atoms with Gasteiger partial charge in [0.15, 0.2) is 0 Å². The van der Waals surface area contributed by atoms with Gasteiger partial charge >= 0.3 is 0 Å². The van der Waals surface area contributed by atoms with E-state index < -0.39 is 11.2 Å². The first-order valence-electron chi connectivity index (χ1n) is 6.18. The number of nitrogens with one attached hydrogen (secondary N) is 1. The lowest BCUT2D eigenvalue weighted by Crippen LogP contribution is -2.47. The molecule has 1 aliphatic rings. The van der Waals surface area contributed by atoms with E-state index in [1.807, 2.05) is 0 Å². The van der Waals surface area contributed by atoms with Crippen molar-refractivity contribution in [2.45, 2.75) is 38.9 Å². The molecule has 101 valence electrons. The Hall–Kier alpha value is -1.72. The highest BCUT2D eigenvalue weighted by atomic mass is 16.5. The normalized spacial score (nSPS) is 23.3. The van der Waals surface area contributed by atoms with Gasteiger partial charge in [0.25, 0.3) is 0 Å². The molecular weight excluding hydrogens is 242 g/mol. The molecule has 0 atom stereocenters. The first-order valence-corrected chi connectivity index (χ1v) is 6.18. The Morgan fingerprint density at radius 2 is 2.00 bits per heavy atom. The van der Waals surface area contributed by atoms with Crippen LogP contribution in [0.5, 0.6) is 0 Å². The standard InChI is InChI=1S/C14H18N3O2/c1-13(2)12(16-14(3,4)17(13)19)9-11(18)10-7-5-6-8-15-10/h5-9,16H,1-4H3/b12-9-. The largest absolute Gasteiger partial charge is 0.367 e. The van der Waals surface area contributed by atoms with Gasteiger partial charge < -0.3 is 5.32 Å². The number of rotatable bonds is 2. The van der Waals surface area contributed by atoms with Crippen molar-refractivity contribution in [3.63, 3.8) is 0 Å². The van der Waals surface area contributed by atoms with Crippen LogP contribution in [-0.2, 0) is 5.21 Å². The number of allylic oxidation sites excluding steroid dienone is 1. The molecule has 0 amide bonds. The van der Waals surface area contributed by atoms with Crippen molar-refractivity contribution in [1.82, 2.24) is 15.4 Å². The molecule has 2 rings (SSSR count). The molecule has 5 nitrogen and oxygen atoms in total. The average Bonchev–Trinajstić information content (AvgIpc) is 2.51. The summed E-state index contributed by atoms with van der Waals surface area (Å²) in [6.45, 7) is 7.15. The molecule has 1 saturated heterocycles. The third-order valence-corrected chi connectivity index (χ3v) is 3.31. The summed E-state index contributed by atoms with van der Waals surface area (Å²) in [5, 5.41) is 16.2. The van der Waals surface area contributed by atoms with E-state index in [-0.39, 0.29) is 5.78 Å².